The van der Waals surface area contributed by atoms with E-state index in [0.29, 0.717) is 0 Å². The van der Waals surface area contributed by atoms with Crippen molar-refractivity contribution in [2.75, 3.05) is 12.4 Å². The minimum atomic E-state index is -0.244. The average Bonchev–Trinajstić information content (AvgIpc) is 2.97. The van der Waals surface area contributed by atoms with Gasteiger partial charge in [0.2, 0.25) is 0 Å². The number of para-hydroxylation sites is 1. The van der Waals surface area contributed by atoms with E-state index in [9.17, 15) is 4.79 Å². The van der Waals surface area contributed by atoms with Crippen LogP contribution >= 0.6 is 0 Å². The number of nitrogens with one attached hydrogen (secondary N) is 2. The molecule has 1 fully saturated rings. The highest BCUT2D eigenvalue weighted by molar-refractivity contribution is 5.78. The zero-order valence-corrected chi connectivity index (χ0v) is 12.8. The summed E-state index contributed by atoms with van der Waals surface area (Å²) in [7, 11) is 1.45. The summed E-state index contributed by atoms with van der Waals surface area (Å²) in [5, 5.41) is 6.92. The lowest BCUT2D eigenvalue weighted by Gasteiger charge is -2.28. The second-order valence-electron chi connectivity index (χ2n) is 6.21. The van der Waals surface area contributed by atoms with E-state index in [1.165, 1.54) is 23.9 Å². The second-order valence-corrected chi connectivity index (χ2v) is 6.21. The van der Waals surface area contributed by atoms with Crippen LogP contribution in [0.25, 0.3) is 0 Å². The van der Waals surface area contributed by atoms with Crippen LogP contribution < -0.4 is 10.6 Å². The molecule has 0 amide bonds. The molecule has 4 heteroatoms. The predicted molar refractivity (Wildman–Crippen MR) is 83.1 cm³/mol. The minimum absolute atomic E-state index is 0.0767. The molecule has 1 aromatic rings. The normalized spacial score (nSPS) is 29.3. The number of hydrogen-bond donors (Lipinski definition) is 2. The van der Waals surface area contributed by atoms with Crippen molar-refractivity contribution in [1.82, 2.24) is 5.32 Å². The van der Waals surface area contributed by atoms with Gasteiger partial charge in [-0.1, -0.05) is 29.8 Å². The van der Waals surface area contributed by atoms with Crippen molar-refractivity contribution in [1.29, 1.82) is 0 Å². The van der Waals surface area contributed by atoms with Gasteiger partial charge in [-0.15, -0.1) is 0 Å². The third-order valence-corrected chi connectivity index (χ3v) is 4.61. The Labute approximate surface area is 125 Å². The first-order valence-electron chi connectivity index (χ1n) is 7.40. The van der Waals surface area contributed by atoms with Crippen molar-refractivity contribution < 1.29 is 9.53 Å². The Hall–Kier alpha value is -1.81. The number of carbonyl (C=O) groups is 1. The van der Waals surface area contributed by atoms with E-state index in [4.69, 9.17) is 4.74 Å². The first kappa shape index (κ1) is 14.1. The minimum Gasteiger partial charge on any atom is -0.468 e. The largest absolute Gasteiger partial charge is 0.468 e. The number of fused-ring (bicyclic) bond motifs is 3. The Morgan fingerprint density at radius 1 is 1.43 bits per heavy atom. The zero-order valence-electron chi connectivity index (χ0n) is 12.8. The van der Waals surface area contributed by atoms with Gasteiger partial charge in [0.25, 0.3) is 0 Å². The highest BCUT2D eigenvalue weighted by Crippen LogP contribution is 2.49. The summed E-state index contributed by atoms with van der Waals surface area (Å²) in [6, 6.07) is 8.14. The van der Waals surface area contributed by atoms with Gasteiger partial charge in [0.05, 0.1) is 13.3 Å². The van der Waals surface area contributed by atoms with Crippen molar-refractivity contribution >= 4 is 11.7 Å². The molecule has 21 heavy (non-hydrogen) atoms. The monoisotopic (exact) mass is 286 g/mol. The maximum absolute atomic E-state index is 11.9. The van der Waals surface area contributed by atoms with Crippen LogP contribution in [0.15, 0.2) is 35.9 Å². The van der Waals surface area contributed by atoms with E-state index in [1.54, 1.807) is 0 Å². The molecule has 2 heterocycles. The van der Waals surface area contributed by atoms with Crippen LogP contribution in [0.5, 0.6) is 0 Å². The van der Waals surface area contributed by atoms with Crippen molar-refractivity contribution in [2.45, 2.75) is 44.3 Å². The maximum atomic E-state index is 11.9. The first-order valence-corrected chi connectivity index (χ1v) is 7.40. The Kier molecular flexibility index (Phi) is 3.49. The van der Waals surface area contributed by atoms with E-state index in [1.807, 2.05) is 6.07 Å². The SMILES string of the molecule is COC(=O)[C@@H]1C[C@@]2(CC=C(C)C)c3ccccc3N[C@H]2N1. The van der Waals surface area contributed by atoms with Gasteiger partial charge >= 0.3 is 5.97 Å². The molecule has 4 nitrogen and oxygen atoms in total. The van der Waals surface area contributed by atoms with Crippen LogP contribution in [0.1, 0.15) is 32.3 Å². The molecule has 3 rings (SSSR count). The molecule has 2 aliphatic rings. The van der Waals surface area contributed by atoms with Gasteiger partial charge in [-0.2, -0.15) is 0 Å². The summed E-state index contributed by atoms with van der Waals surface area (Å²) in [4.78, 5) is 11.9. The number of carbonyl (C=O) groups excluding carboxylic acids is 1. The molecule has 0 spiro atoms. The van der Waals surface area contributed by atoms with E-state index in [-0.39, 0.29) is 23.6 Å². The molecule has 2 aliphatic heterocycles. The first-order chi connectivity index (χ1) is 10.1. The molecule has 3 atom stereocenters. The fraction of sp³-hybridized carbons (Fsp3) is 0.471. The summed E-state index contributed by atoms with van der Waals surface area (Å²) >= 11 is 0. The summed E-state index contributed by atoms with van der Waals surface area (Å²) in [6.07, 6.45) is 4.02. The zero-order chi connectivity index (χ0) is 15.0. The molecular weight excluding hydrogens is 264 g/mol. The third kappa shape index (κ3) is 2.23. The summed E-state index contributed by atoms with van der Waals surface area (Å²) in [6.45, 7) is 4.22. The molecule has 2 N–H and O–H groups in total. The van der Waals surface area contributed by atoms with E-state index in [0.717, 1.165) is 12.8 Å². The number of ether oxygens (including phenoxy) is 1. The lowest BCUT2D eigenvalue weighted by atomic mass is 9.75. The standard InChI is InChI=1S/C17H22N2O2/c1-11(2)8-9-17-10-14(15(20)21-3)19-16(17)18-13-7-5-4-6-12(13)17/h4-8,14,16,18-19H,9-10H2,1-3H3/t14-,16-,17-/m0/s1. The molecular formula is C17H22N2O2. The molecule has 0 aliphatic carbocycles. The van der Waals surface area contributed by atoms with Crippen LogP contribution in [0, 0.1) is 0 Å². The van der Waals surface area contributed by atoms with Gasteiger partial charge in [0.1, 0.15) is 6.04 Å². The van der Waals surface area contributed by atoms with Crippen molar-refractivity contribution in [3.05, 3.63) is 41.5 Å². The van der Waals surface area contributed by atoms with Crippen molar-refractivity contribution in [3.63, 3.8) is 0 Å². The Morgan fingerprint density at radius 3 is 2.90 bits per heavy atom. The Balaban J connectivity index is 1.99. The highest BCUT2D eigenvalue weighted by atomic mass is 16.5. The van der Waals surface area contributed by atoms with Crippen LogP contribution in [0.3, 0.4) is 0 Å². The molecule has 0 aromatic heterocycles. The topological polar surface area (TPSA) is 50.4 Å². The van der Waals surface area contributed by atoms with Crippen LogP contribution in [0.4, 0.5) is 5.69 Å². The molecule has 0 saturated carbocycles. The van der Waals surface area contributed by atoms with Gasteiger partial charge in [-0.05, 0) is 38.3 Å². The Morgan fingerprint density at radius 2 is 2.19 bits per heavy atom. The second kappa shape index (κ2) is 5.19. The summed E-state index contributed by atoms with van der Waals surface area (Å²) in [5.41, 5.74) is 3.69. The molecule has 0 unspecified atom stereocenters. The lowest BCUT2D eigenvalue weighted by molar-refractivity contribution is -0.142. The predicted octanol–water partition coefficient (Wildman–Crippen LogP) is 2.57. The van der Waals surface area contributed by atoms with Gasteiger partial charge in [-0.3, -0.25) is 10.1 Å². The molecule has 1 aromatic carbocycles. The van der Waals surface area contributed by atoms with Crippen molar-refractivity contribution in [3.8, 4) is 0 Å². The molecule has 0 radical (unpaired) electrons. The Bertz CT molecular complexity index is 592. The number of anilines is 1. The van der Waals surface area contributed by atoms with Gasteiger partial charge in [-0.25, -0.2) is 0 Å². The molecule has 1 saturated heterocycles. The van der Waals surface area contributed by atoms with Crippen molar-refractivity contribution in [2.24, 2.45) is 0 Å². The highest BCUT2D eigenvalue weighted by Gasteiger charge is 2.54. The van der Waals surface area contributed by atoms with Crippen LogP contribution in [0.2, 0.25) is 0 Å². The van der Waals surface area contributed by atoms with Gasteiger partial charge in [0.15, 0.2) is 0 Å². The third-order valence-electron chi connectivity index (χ3n) is 4.61. The van der Waals surface area contributed by atoms with E-state index < -0.39 is 0 Å². The number of hydrogen-bond acceptors (Lipinski definition) is 4. The van der Waals surface area contributed by atoms with E-state index >= 15 is 0 Å². The number of methoxy groups -OCH3 is 1. The van der Waals surface area contributed by atoms with Gasteiger partial charge in [0, 0.05) is 11.1 Å². The molecule has 0 bridgehead atoms. The maximum Gasteiger partial charge on any atom is 0.322 e. The summed E-state index contributed by atoms with van der Waals surface area (Å²) < 4.78 is 4.91. The number of esters is 1. The number of rotatable bonds is 3. The van der Waals surface area contributed by atoms with Gasteiger partial charge < -0.3 is 10.1 Å². The quantitative estimate of drug-likeness (QED) is 0.662. The van der Waals surface area contributed by atoms with E-state index in [2.05, 4.69) is 48.8 Å². The fourth-order valence-corrected chi connectivity index (χ4v) is 3.54. The average molecular weight is 286 g/mol. The smallest absolute Gasteiger partial charge is 0.322 e. The van der Waals surface area contributed by atoms with Crippen LogP contribution in [-0.2, 0) is 14.9 Å². The lowest BCUT2D eigenvalue weighted by Crippen LogP contribution is -2.43. The molecule has 112 valence electrons. The fourth-order valence-electron chi connectivity index (χ4n) is 3.54. The number of allylic oxidation sites excluding steroid dienone is 2. The summed E-state index contributed by atoms with van der Waals surface area (Å²) in [5.74, 6) is -0.180. The van der Waals surface area contributed by atoms with Crippen LogP contribution in [-0.4, -0.2) is 25.3 Å². The number of benzene rings is 1.